The van der Waals surface area contributed by atoms with E-state index in [2.05, 4.69) is 15.3 Å². The second-order valence-electron chi connectivity index (χ2n) is 4.17. The van der Waals surface area contributed by atoms with E-state index >= 15 is 0 Å². The average molecular weight is 259 g/mol. The summed E-state index contributed by atoms with van der Waals surface area (Å²) in [5.41, 5.74) is 1.23. The Morgan fingerprint density at radius 1 is 1.16 bits per heavy atom. The van der Waals surface area contributed by atoms with E-state index in [1.165, 1.54) is 13.0 Å². The van der Waals surface area contributed by atoms with Crippen LogP contribution in [0.4, 0.5) is 5.69 Å². The van der Waals surface area contributed by atoms with Crippen molar-refractivity contribution < 1.29 is 4.79 Å². The molecule has 0 aliphatic rings. The van der Waals surface area contributed by atoms with E-state index in [0.29, 0.717) is 17.8 Å². The number of H-pyrrole nitrogens is 2. The Morgan fingerprint density at radius 2 is 1.84 bits per heavy atom. The van der Waals surface area contributed by atoms with E-state index in [1.807, 2.05) is 12.1 Å². The SMILES string of the molecule is CC(=O)Nc1ccc(Cc2cc(=O)[nH]c(=O)[nH]2)cc1. The Morgan fingerprint density at radius 3 is 2.42 bits per heavy atom. The highest BCUT2D eigenvalue weighted by Gasteiger charge is 2.00. The van der Waals surface area contributed by atoms with Gasteiger partial charge in [0.05, 0.1) is 0 Å². The lowest BCUT2D eigenvalue weighted by Gasteiger charge is -2.04. The number of carbonyl (C=O) groups excluding carboxylic acids is 1. The van der Waals surface area contributed by atoms with Gasteiger partial charge in [0.15, 0.2) is 0 Å². The van der Waals surface area contributed by atoms with Gasteiger partial charge in [-0.2, -0.15) is 0 Å². The van der Waals surface area contributed by atoms with E-state index in [1.54, 1.807) is 12.1 Å². The molecule has 0 fully saturated rings. The lowest BCUT2D eigenvalue weighted by atomic mass is 10.1. The zero-order chi connectivity index (χ0) is 13.8. The number of nitrogens with one attached hydrogen (secondary N) is 3. The van der Waals surface area contributed by atoms with E-state index in [4.69, 9.17) is 0 Å². The van der Waals surface area contributed by atoms with Crippen molar-refractivity contribution in [1.82, 2.24) is 9.97 Å². The van der Waals surface area contributed by atoms with E-state index in [9.17, 15) is 14.4 Å². The minimum Gasteiger partial charge on any atom is -0.326 e. The smallest absolute Gasteiger partial charge is 0.325 e. The predicted octanol–water partition coefficient (Wildman–Crippen LogP) is 0.612. The molecule has 2 rings (SSSR count). The number of rotatable bonds is 3. The van der Waals surface area contributed by atoms with Crippen LogP contribution in [0.5, 0.6) is 0 Å². The van der Waals surface area contributed by atoms with Gasteiger partial charge in [0.2, 0.25) is 5.91 Å². The van der Waals surface area contributed by atoms with Gasteiger partial charge in [-0.1, -0.05) is 12.1 Å². The maximum atomic E-state index is 11.2. The number of benzene rings is 1. The standard InChI is InChI=1S/C13H13N3O3/c1-8(17)14-10-4-2-9(3-5-10)6-11-7-12(18)16-13(19)15-11/h2-5,7H,6H2,1H3,(H,14,17)(H2,15,16,18,19). The lowest BCUT2D eigenvalue weighted by Crippen LogP contribution is -2.23. The third-order valence-corrected chi connectivity index (χ3v) is 2.49. The molecule has 3 N–H and O–H groups in total. The second-order valence-corrected chi connectivity index (χ2v) is 4.17. The Hall–Kier alpha value is -2.63. The largest absolute Gasteiger partial charge is 0.326 e. The van der Waals surface area contributed by atoms with Crippen LogP contribution in [0.3, 0.4) is 0 Å². The number of anilines is 1. The molecule has 0 aliphatic heterocycles. The Labute approximate surface area is 108 Å². The van der Waals surface area contributed by atoms with E-state index in [-0.39, 0.29) is 5.91 Å². The van der Waals surface area contributed by atoms with Gasteiger partial charge in [0, 0.05) is 30.8 Å². The summed E-state index contributed by atoms with van der Waals surface area (Å²) in [5.74, 6) is -0.133. The molecule has 98 valence electrons. The number of hydrogen-bond donors (Lipinski definition) is 3. The average Bonchev–Trinajstić information content (AvgIpc) is 2.29. The van der Waals surface area contributed by atoms with Gasteiger partial charge in [-0.15, -0.1) is 0 Å². The van der Waals surface area contributed by atoms with E-state index in [0.717, 1.165) is 5.56 Å². The number of hydrogen-bond acceptors (Lipinski definition) is 3. The van der Waals surface area contributed by atoms with Gasteiger partial charge in [0.1, 0.15) is 0 Å². The quantitative estimate of drug-likeness (QED) is 0.753. The highest BCUT2D eigenvalue weighted by molar-refractivity contribution is 5.88. The Bertz CT molecular complexity index is 670. The molecular weight excluding hydrogens is 246 g/mol. The number of carbonyl (C=O) groups is 1. The maximum Gasteiger partial charge on any atom is 0.325 e. The highest BCUT2D eigenvalue weighted by atomic mass is 16.2. The van der Waals surface area contributed by atoms with Crippen molar-refractivity contribution in [2.75, 3.05) is 5.32 Å². The van der Waals surface area contributed by atoms with Crippen LogP contribution >= 0.6 is 0 Å². The third kappa shape index (κ3) is 3.67. The summed E-state index contributed by atoms with van der Waals surface area (Å²) in [7, 11) is 0. The predicted molar refractivity (Wildman–Crippen MR) is 71.2 cm³/mol. The first-order chi connectivity index (χ1) is 9.02. The molecule has 1 aromatic carbocycles. The number of aromatic amines is 2. The van der Waals surface area contributed by atoms with Crippen LogP contribution in [0.25, 0.3) is 0 Å². The molecule has 2 aromatic rings. The normalized spacial score (nSPS) is 10.2. The summed E-state index contributed by atoms with van der Waals surface area (Å²) in [6, 6.07) is 8.53. The summed E-state index contributed by atoms with van der Waals surface area (Å²) in [6.45, 7) is 1.44. The molecule has 0 saturated carbocycles. The second kappa shape index (κ2) is 5.34. The fourth-order valence-electron chi connectivity index (χ4n) is 1.74. The van der Waals surface area contributed by atoms with Crippen molar-refractivity contribution in [1.29, 1.82) is 0 Å². The molecule has 19 heavy (non-hydrogen) atoms. The molecule has 6 heteroatoms. The van der Waals surface area contributed by atoms with Crippen molar-refractivity contribution in [2.45, 2.75) is 13.3 Å². The first kappa shape index (κ1) is 12.8. The van der Waals surface area contributed by atoms with Gasteiger partial charge < -0.3 is 10.3 Å². The molecule has 1 amide bonds. The molecular formula is C13H13N3O3. The molecule has 0 atom stereocenters. The van der Waals surface area contributed by atoms with Gasteiger partial charge in [-0.3, -0.25) is 14.6 Å². The molecule has 0 spiro atoms. The molecule has 1 heterocycles. The Kier molecular flexibility index (Phi) is 3.61. The molecule has 0 bridgehead atoms. The molecule has 0 saturated heterocycles. The van der Waals surface area contributed by atoms with Gasteiger partial charge in [-0.25, -0.2) is 4.79 Å². The van der Waals surface area contributed by atoms with Gasteiger partial charge >= 0.3 is 5.69 Å². The zero-order valence-corrected chi connectivity index (χ0v) is 10.3. The minimum atomic E-state index is -0.516. The van der Waals surface area contributed by atoms with Crippen LogP contribution in [0.1, 0.15) is 18.2 Å². The molecule has 0 radical (unpaired) electrons. The zero-order valence-electron chi connectivity index (χ0n) is 10.3. The number of amides is 1. The van der Waals surface area contributed by atoms with Crippen LogP contribution in [0.15, 0.2) is 39.9 Å². The van der Waals surface area contributed by atoms with Crippen LogP contribution in [-0.2, 0) is 11.2 Å². The van der Waals surface area contributed by atoms with Crippen molar-refractivity contribution in [3.63, 3.8) is 0 Å². The summed E-state index contributed by atoms with van der Waals surface area (Å²) < 4.78 is 0. The third-order valence-electron chi connectivity index (χ3n) is 2.49. The van der Waals surface area contributed by atoms with Crippen LogP contribution in [0, 0.1) is 0 Å². The summed E-state index contributed by atoms with van der Waals surface area (Å²) in [5, 5.41) is 2.66. The lowest BCUT2D eigenvalue weighted by molar-refractivity contribution is -0.114. The highest BCUT2D eigenvalue weighted by Crippen LogP contribution is 2.11. The molecule has 0 aliphatic carbocycles. The van der Waals surface area contributed by atoms with Crippen molar-refractivity contribution in [2.24, 2.45) is 0 Å². The molecule has 6 nitrogen and oxygen atoms in total. The maximum absolute atomic E-state index is 11.2. The fraction of sp³-hybridized carbons (Fsp3) is 0.154. The van der Waals surface area contributed by atoms with E-state index < -0.39 is 11.2 Å². The summed E-state index contributed by atoms with van der Waals surface area (Å²) in [4.78, 5) is 37.8. The first-order valence-electron chi connectivity index (χ1n) is 5.72. The Balaban J connectivity index is 2.17. The van der Waals surface area contributed by atoms with Crippen molar-refractivity contribution in [3.05, 3.63) is 62.4 Å². The monoisotopic (exact) mass is 259 g/mol. The fourth-order valence-corrected chi connectivity index (χ4v) is 1.74. The summed E-state index contributed by atoms with van der Waals surface area (Å²) >= 11 is 0. The molecule has 0 unspecified atom stereocenters. The van der Waals surface area contributed by atoms with Crippen molar-refractivity contribution in [3.8, 4) is 0 Å². The summed E-state index contributed by atoms with van der Waals surface area (Å²) in [6.07, 6.45) is 0.444. The van der Waals surface area contributed by atoms with Crippen LogP contribution in [0.2, 0.25) is 0 Å². The molecule has 1 aromatic heterocycles. The van der Waals surface area contributed by atoms with Gasteiger partial charge in [0.25, 0.3) is 5.56 Å². The number of aromatic nitrogens is 2. The minimum absolute atomic E-state index is 0.133. The van der Waals surface area contributed by atoms with Crippen molar-refractivity contribution >= 4 is 11.6 Å². The topological polar surface area (TPSA) is 94.8 Å². The van der Waals surface area contributed by atoms with Gasteiger partial charge in [-0.05, 0) is 17.7 Å². The van der Waals surface area contributed by atoms with Crippen LogP contribution < -0.4 is 16.6 Å². The first-order valence-corrected chi connectivity index (χ1v) is 5.72. The van der Waals surface area contributed by atoms with Crippen LogP contribution in [-0.4, -0.2) is 15.9 Å².